The van der Waals surface area contributed by atoms with Crippen LogP contribution in [0.2, 0.25) is 0 Å². The predicted molar refractivity (Wildman–Crippen MR) is 146 cm³/mol. The molecule has 0 aliphatic carbocycles. The highest BCUT2D eigenvalue weighted by Gasteiger charge is 2.41. The van der Waals surface area contributed by atoms with Crippen molar-refractivity contribution in [3.05, 3.63) is 70.0 Å². The molecule has 0 saturated carbocycles. The zero-order valence-electron chi connectivity index (χ0n) is 24.4. The molecule has 0 aromatic heterocycles. The Bertz CT molecular complexity index is 1370. The summed E-state index contributed by atoms with van der Waals surface area (Å²) < 4.78 is 94.3. The van der Waals surface area contributed by atoms with Crippen molar-refractivity contribution in [3.63, 3.8) is 0 Å². The zero-order valence-corrected chi connectivity index (χ0v) is 24.4. The van der Waals surface area contributed by atoms with E-state index in [1.165, 1.54) is 32.2 Å². The highest BCUT2D eigenvalue weighted by Crippen LogP contribution is 2.38. The number of urea groups is 1. The van der Waals surface area contributed by atoms with Crippen LogP contribution >= 0.6 is 0 Å². The molecule has 2 aromatic rings. The molecule has 14 heteroatoms. The maximum absolute atomic E-state index is 14.0. The third-order valence-corrected chi connectivity index (χ3v) is 8.27. The molecule has 0 bridgehead atoms. The first kappa shape index (κ1) is 33.1. The Kier molecular flexibility index (Phi) is 9.50. The quantitative estimate of drug-likeness (QED) is 0.418. The van der Waals surface area contributed by atoms with Gasteiger partial charge in [-0.15, -0.1) is 0 Å². The molecule has 240 valence electrons. The molecule has 0 N–H and O–H groups in total. The topological polar surface area (TPSA) is 64.2 Å². The summed E-state index contributed by atoms with van der Waals surface area (Å²) in [5, 5.41) is 0. The van der Waals surface area contributed by atoms with Crippen molar-refractivity contribution in [3.8, 4) is 0 Å². The summed E-state index contributed by atoms with van der Waals surface area (Å²) in [7, 11) is 1.30. The van der Waals surface area contributed by atoms with Crippen molar-refractivity contribution in [1.29, 1.82) is 0 Å². The largest absolute Gasteiger partial charge is 0.416 e. The monoisotopic (exact) mass is 630 g/mol. The molecule has 2 saturated heterocycles. The SMILES string of the molecule is CC(=O)N1CCN(C(=O)N2CC[C@H](C(=O)N(C)Cc3cc(C(F)(F)F)cc(C(F)(F)F)c3)[C@@H](c3ccc(F)cc3C)C2)CC1. The van der Waals surface area contributed by atoms with Gasteiger partial charge in [-0.3, -0.25) is 9.59 Å². The second-order valence-electron chi connectivity index (χ2n) is 11.3. The van der Waals surface area contributed by atoms with Gasteiger partial charge < -0.3 is 19.6 Å². The number of amides is 4. The van der Waals surface area contributed by atoms with Gasteiger partial charge in [0.2, 0.25) is 11.8 Å². The Morgan fingerprint density at radius 2 is 1.41 bits per heavy atom. The Balaban J connectivity index is 1.58. The number of likely N-dealkylation sites (tertiary alicyclic amines) is 1. The smallest absolute Gasteiger partial charge is 0.341 e. The zero-order chi connectivity index (χ0) is 32.6. The van der Waals surface area contributed by atoms with Gasteiger partial charge in [0.15, 0.2) is 0 Å². The molecule has 44 heavy (non-hydrogen) atoms. The predicted octanol–water partition coefficient (Wildman–Crippen LogP) is 5.52. The molecule has 7 nitrogen and oxygen atoms in total. The van der Waals surface area contributed by atoms with Crippen molar-refractivity contribution >= 4 is 17.8 Å². The van der Waals surface area contributed by atoms with Crippen LogP contribution in [0.1, 0.15) is 47.1 Å². The number of piperidine rings is 1. The molecular weight excluding hydrogens is 597 g/mol. The summed E-state index contributed by atoms with van der Waals surface area (Å²) in [5.41, 5.74) is -2.14. The number of nitrogens with zero attached hydrogens (tertiary/aromatic N) is 4. The number of benzene rings is 2. The van der Waals surface area contributed by atoms with Crippen molar-refractivity contribution in [2.24, 2.45) is 5.92 Å². The molecule has 2 fully saturated rings. The van der Waals surface area contributed by atoms with Crippen molar-refractivity contribution in [1.82, 2.24) is 19.6 Å². The fraction of sp³-hybridized carbons (Fsp3) is 0.500. The van der Waals surface area contributed by atoms with Crippen molar-refractivity contribution in [2.45, 2.75) is 45.1 Å². The summed E-state index contributed by atoms with van der Waals surface area (Å²) >= 11 is 0. The van der Waals surface area contributed by atoms with Crippen LogP contribution in [-0.4, -0.2) is 83.8 Å². The van der Waals surface area contributed by atoms with Gasteiger partial charge in [0.05, 0.1) is 11.1 Å². The summed E-state index contributed by atoms with van der Waals surface area (Å²) in [6.07, 6.45) is -9.88. The molecule has 0 spiro atoms. The average molecular weight is 631 g/mol. The molecule has 0 unspecified atom stereocenters. The first-order valence-electron chi connectivity index (χ1n) is 14.0. The lowest BCUT2D eigenvalue weighted by molar-refractivity contribution is -0.143. The molecule has 4 amide bonds. The number of halogens is 7. The third kappa shape index (κ3) is 7.44. The standard InChI is InChI=1S/C30H33F7N4O3/c1-18-12-23(31)4-5-24(18)26-17-41(28(44)40-10-8-39(9-11-40)19(2)42)7-6-25(26)27(43)38(3)16-20-13-21(29(32,33)34)15-22(14-20)30(35,36)37/h4-5,12-15,25-26H,6-11,16-17H2,1-3H3/t25-,26+/m0/s1. The number of alkyl halides is 6. The van der Waals surface area contributed by atoms with E-state index in [4.69, 9.17) is 0 Å². The average Bonchev–Trinajstić information content (AvgIpc) is 2.95. The van der Waals surface area contributed by atoms with Crippen LogP contribution in [0, 0.1) is 18.7 Å². The normalized spacial score (nSPS) is 19.6. The van der Waals surface area contributed by atoms with Crippen LogP contribution in [0.5, 0.6) is 0 Å². The Morgan fingerprint density at radius 3 is 1.93 bits per heavy atom. The highest BCUT2D eigenvalue weighted by atomic mass is 19.4. The van der Waals surface area contributed by atoms with Gasteiger partial charge in [-0.1, -0.05) is 6.07 Å². The van der Waals surface area contributed by atoms with Crippen LogP contribution in [0.3, 0.4) is 0 Å². The van der Waals surface area contributed by atoms with Crippen LogP contribution in [0.15, 0.2) is 36.4 Å². The molecule has 2 aliphatic rings. The number of aryl methyl sites for hydroxylation is 1. The van der Waals surface area contributed by atoms with Crippen LogP contribution in [0.25, 0.3) is 0 Å². The van der Waals surface area contributed by atoms with E-state index in [-0.39, 0.29) is 43.1 Å². The molecule has 2 heterocycles. The Morgan fingerprint density at radius 1 is 0.841 bits per heavy atom. The lowest BCUT2D eigenvalue weighted by atomic mass is 9.78. The minimum Gasteiger partial charge on any atom is -0.341 e. The lowest BCUT2D eigenvalue weighted by Crippen LogP contribution is -2.56. The fourth-order valence-electron chi connectivity index (χ4n) is 5.95. The molecule has 4 rings (SSSR count). The van der Waals surface area contributed by atoms with E-state index in [9.17, 15) is 45.1 Å². The van der Waals surface area contributed by atoms with Crippen LogP contribution in [0.4, 0.5) is 35.5 Å². The van der Waals surface area contributed by atoms with E-state index in [2.05, 4.69) is 0 Å². The van der Waals surface area contributed by atoms with Gasteiger partial charge >= 0.3 is 18.4 Å². The van der Waals surface area contributed by atoms with Gasteiger partial charge in [-0.2, -0.15) is 26.3 Å². The van der Waals surface area contributed by atoms with Gasteiger partial charge in [0.25, 0.3) is 0 Å². The first-order chi connectivity index (χ1) is 20.5. The lowest BCUT2D eigenvalue weighted by Gasteiger charge is -2.43. The number of carbonyl (C=O) groups excluding carboxylic acids is 3. The Labute approximate surface area is 250 Å². The first-order valence-corrected chi connectivity index (χ1v) is 14.0. The van der Waals surface area contributed by atoms with Gasteiger partial charge in [-0.25, -0.2) is 9.18 Å². The Hall–Kier alpha value is -3.84. The van der Waals surface area contributed by atoms with E-state index >= 15 is 0 Å². The van der Waals surface area contributed by atoms with E-state index < -0.39 is 53.6 Å². The molecule has 2 aliphatic heterocycles. The second-order valence-corrected chi connectivity index (χ2v) is 11.3. The maximum Gasteiger partial charge on any atom is 0.416 e. The summed E-state index contributed by atoms with van der Waals surface area (Å²) in [5.74, 6) is -2.51. The van der Waals surface area contributed by atoms with Crippen LogP contribution < -0.4 is 0 Å². The van der Waals surface area contributed by atoms with Crippen molar-refractivity contribution in [2.75, 3.05) is 46.3 Å². The number of piperazine rings is 1. The van der Waals surface area contributed by atoms with Gasteiger partial charge in [-0.05, 0) is 60.4 Å². The fourth-order valence-corrected chi connectivity index (χ4v) is 5.95. The summed E-state index contributed by atoms with van der Waals surface area (Å²) in [6.45, 7) is 4.29. The van der Waals surface area contributed by atoms with E-state index in [0.717, 1.165) is 4.90 Å². The summed E-state index contributed by atoms with van der Waals surface area (Å²) in [4.78, 5) is 44.8. The van der Waals surface area contributed by atoms with E-state index in [1.807, 2.05) is 0 Å². The molecule has 2 atom stereocenters. The minimum absolute atomic E-state index is 0.0331. The highest BCUT2D eigenvalue weighted by molar-refractivity contribution is 5.81. The third-order valence-electron chi connectivity index (χ3n) is 8.27. The number of rotatable bonds is 4. The maximum atomic E-state index is 14.0. The van der Waals surface area contributed by atoms with Crippen LogP contribution in [-0.2, 0) is 28.5 Å². The second kappa shape index (κ2) is 12.6. The van der Waals surface area contributed by atoms with E-state index in [1.54, 1.807) is 21.6 Å². The number of carbonyl (C=O) groups is 3. The molecular formula is C30H33F7N4O3. The van der Waals surface area contributed by atoms with Gasteiger partial charge in [0.1, 0.15) is 5.82 Å². The molecule has 0 radical (unpaired) electrons. The van der Waals surface area contributed by atoms with Crippen molar-refractivity contribution < 1.29 is 45.1 Å². The summed E-state index contributed by atoms with van der Waals surface area (Å²) in [6, 6.07) is 4.99. The number of hydrogen-bond donors (Lipinski definition) is 0. The number of hydrogen-bond acceptors (Lipinski definition) is 3. The minimum atomic E-state index is -5.03. The van der Waals surface area contributed by atoms with E-state index in [0.29, 0.717) is 49.4 Å². The van der Waals surface area contributed by atoms with Gasteiger partial charge in [0, 0.05) is 71.6 Å². The molecule has 2 aromatic carbocycles.